The van der Waals surface area contributed by atoms with Crippen molar-refractivity contribution in [3.8, 4) is 16.9 Å². The molecule has 0 bridgehead atoms. The zero-order valence-electron chi connectivity index (χ0n) is 21.1. The van der Waals surface area contributed by atoms with Crippen molar-refractivity contribution in [2.45, 2.75) is 39.0 Å². The fraction of sp³-hybridized carbons (Fsp3) is 0.259. The van der Waals surface area contributed by atoms with Crippen molar-refractivity contribution in [2.24, 2.45) is 0 Å². The molecule has 2 amide bonds. The number of aryl methyl sites for hydroxylation is 1. The van der Waals surface area contributed by atoms with Crippen LogP contribution in [-0.4, -0.2) is 65.9 Å². The van der Waals surface area contributed by atoms with E-state index in [9.17, 15) is 23.9 Å². The maximum Gasteiger partial charge on any atom is 0.248 e. The summed E-state index contributed by atoms with van der Waals surface area (Å²) in [5.41, 5.74) is 1.80. The average molecular weight is 595 g/mol. The van der Waals surface area contributed by atoms with Crippen molar-refractivity contribution in [1.29, 1.82) is 0 Å². The van der Waals surface area contributed by atoms with E-state index in [0.717, 1.165) is 0 Å². The Balaban J connectivity index is 1.44. The monoisotopic (exact) mass is 594 g/mol. The first-order chi connectivity index (χ1) is 18.6. The predicted molar refractivity (Wildman–Crippen MR) is 145 cm³/mol. The van der Waals surface area contributed by atoms with Crippen LogP contribution >= 0.6 is 15.9 Å². The van der Waals surface area contributed by atoms with Crippen LogP contribution in [0.5, 0.6) is 5.75 Å². The number of fused-ring (bicyclic) bond motifs is 1. The highest BCUT2D eigenvalue weighted by molar-refractivity contribution is 9.10. The number of carbonyl (C=O) groups excluding carboxylic acids is 3. The molecule has 39 heavy (non-hydrogen) atoms. The lowest BCUT2D eigenvalue weighted by atomic mass is 10.0. The summed E-state index contributed by atoms with van der Waals surface area (Å²) in [5, 5.41) is 14.0. The second-order valence-electron chi connectivity index (χ2n) is 9.36. The minimum absolute atomic E-state index is 0.0828. The number of likely N-dealkylation sites (tertiary alicyclic amines) is 1. The lowest BCUT2D eigenvalue weighted by Gasteiger charge is -2.24. The molecule has 0 saturated carbocycles. The molecule has 3 aromatic heterocycles. The van der Waals surface area contributed by atoms with E-state index in [4.69, 9.17) is 0 Å². The van der Waals surface area contributed by atoms with Gasteiger partial charge in [-0.2, -0.15) is 0 Å². The number of nitrogens with zero attached hydrogens (tertiary/aromatic N) is 5. The smallest absolute Gasteiger partial charge is 0.248 e. The lowest BCUT2D eigenvalue weighted by Crippen LogP contribution is -2.44. The van der Waals surface area contributed by atoms with Gasteiger partial charge in [0, 0.05) is 53.2 Å². The van der Waals surface area contributed by atoms with Crippen LogP contribution in [0, 0.1) is 6.92 Å². The zero-order chi connectivity index (χ0) is 27.8. The summed E-state index contributed by atoms with van der Waals surface area (Å²) in [6.45, 7) is 2.66. The molecule has 0 spiro atoms. The van der Waals surface area contributed by atoms with E-state index in [-0.39, 0.29) is 36.9 Å². The number of carbonyl (C=O) groups is 3. The van der Waals surface area contributed by atoms with E-state index in [1.54, 1.807) is 43.6 Å². The molecule has 2 atom stereocenters. The minimum Gasteiger partial charge on any atom is -0.507 e. The van der Waals surface area contributed by atoms with E-state index >= 15 is 0 Å². The molecule has 12 heteroatoms. The van der Waals surface area contributed by atoms with Crippen LogP contribution < -0.4 is 5.32 Å². The van der Waals surface area contributed by atoms with Crippen molar-refractivity contribution in [3.05, 3.63) is 64.9 Å². The summed E-state index contributed by atoms with van der Waals surface area (Å²) >= 11 is 3.24. The molecule has 1 aliphatic rings. The van der Waals surface area contributed by atoms with Crippen molar-refractivity contribution < 1.29 is 23.9 Å². The third kappa shape index (κ3) is 5.37. The van der Waals surface area contributed by atoms with Gasteiger partial charge in [-0.1, -0.05) is 6.07 Å². The molecule has 2 N–H and O–H groups in total. The first kappa shape index (κ1) is 26.4. The second-order valence-corrected chi connectivity index (χ2v) is 10.2. The third-order valence-corrected chi connectivity index (χ3v) is 7.06. The number of halogens is 2. The number of hydrogen-bond acceptors (Lipinski definition) is 7. The number of anilines is 1. The highest BCUT2D eigenvalue weighted by Gasteiger charge is 2.40. The molecule has 10 nitrogen and oxygen atoms in total. The number of nitrogens with one attached hydrogen (secondary N) is 1. The van der Waals surface area contributed by atoms with Crippen LogP contribution in [0.15, 0.2) is 53.5 Å². The molecule has 1 fully saturated rings. The Kier molecular flexibility index (Phi) is 7.13. The highest BCUT2D eigenvalue weighted by Crippen LogP contribution is 2.35. The zero-order valence-corrected chi connectivity index (χ0v) is 22.6. The molecule has 4 aromatic rings. The molecule has 4 heterocycles. The summed E-state index contributed by atoms with van der Waals surface area (Å²) in [7, 11) is 0. The molecule has 1 aliphatic heterocycles. The van der Waals surface area contributed by atoms with E-state index in [0.29, 0.717) is 38.0 Å². The van der Waals surface area contributed by atoms with Gasteiger partial charge in [-0.3, -0.25) is 14.4 Å². The molecule has 1 saturated heterocycles. The number of amides is 2. The van der Waals surface area contributed by atoms with Crippen molar-refractivity contribution in [3.63, 3.8) is 0 Å². The van der Waals surface area contributed by atoms with Gasteiger partial charge >= 0.3 is 0 Å². The Hall–Kier alpha value is -4.19. The van der Waals surface area contributed by atoms with Crippen LogP contribution in [0.1, 0.15) is 29.5 Å². The fourth-order valence-electron chi connectivity index (χ4n) is 4.73. The molecule has 1 aromatic carbocycles. The SMILES string of the molecule is CC(=O)c1cn(CC(=O)N2C[C@H](F)CC2C(=O)Nc2cccc(Br)n2)c2cc(O)c(-c3cnc(C)nc3)cc12. The number of phenolic OH excluding ortho intramolecular Hbond substituents is 1. The number of aromatic nitrogens is 4. The van der Waals surface area contributed by atoms with Gasteiger partial charge in [0.2, 0.25) is 11.8 Å². The number of pyridine rings is 1. The quantitative estimate of drug-likeness (QED) is 0.254. The Morgan fingerprint density at radius 1 is 1.21 bits per heavy atom. The average Bonchev–Trinajstić information content (AvgIpc) is 3.45. The Labute approximate surface area is 231 Å². The van der Waals surface area contributed by atoms with Crippen LogP contribution in [-0.2, 0) is 16.1 Å². The number of Topliss-reactive ketones (excluding diaryl/α,β-unsaturated/α-hetero) is 1. The van der Waals surface area contributed by atoms with Crippen LogP contribution in [0.3, 0.4) is 0 Å². The van der Waals surface area contributed by atoms with Gasteiger partial charge in [0.05, 0.1) is 12.1 Å². The first-order valence-electron chi connectivity index (χ1n) is 12.1. The second kappa shape index (κ2) is 10.5. The van der Waals surface area contributed by atoms with E-state index < -0.39 is 24.0 Å². The fourth-order valence-corrected chi connectivity index (χ4v) is 5.08. The predicted octanol–water partition coefficient (Wildman–Crippen LogP) is 4.05. The van der Waals surface area contributed by atoms with Crippen molar-refractivity contribution in [2.75, 3.05) is 11.9 Å². The molecule has 0 aliphatic carbocycles. The molecule has 200 valence electrons. The van der Waals surface area contributed by atoms with Crippen molar-refractivity contribution in [1.82, 2.24) is 24.4 Å². The highest BCUT2D eigenvalue weighted by atomic mass is 79.9. The maximum absolute atomic E-state index is 14.4. The van der Waals surface area contributed by atoms with Gasteiger partial charge < -0.3 is 19.9 Å². The Morgan fingerprint density at radius 2 is 1.95 bits per heavy atom. The molecule has 5 rings (SSSR count). The summed E-state index contributed by atoms with van der Waals surface area (Å²) in [5.74, 6) is -0.506. The number of rotatable bonds is 6. The van der Waals surface area contributed by atoms with Gasteiger partial charge in [0.1, 0.15) is 40.8 Å². The molecule has 1 unspecified atom stereocenters. The Morgan fingerprint density at radius 3 is 2.64 bits per heavy atom. The molecular formula is C27H24BrFN6O4. The normalized spacial score (nSPS) is 17.0. The number of ketones is 1. The molecular weight excluding hydrogens is 571 g/mol. The number of hydrogen-bond donors (Lipinski definition) is 2. The largest absolute Gasteiger partial charge is 0.507 e. The standard InChI is InChI=1S/C27H24BrFN6O4/c1-14(36)20-12-34(21-8-23(37)18(7-19(20)21)16-9-30-15(2)31-10-16)13-26(38)35-11-17(29)6-22(35)27(39)33-25-5-3-4-24(28)32-25/h3-5,7-10,12,17,22,37H,6,11,13H2,1-2H3,(H,32,33,39)/t17-,22?/m1/s1. The number of aromatic hydroxyl groups is 1. The number of alkyl halides is 1. The van der Waals surface area contributed by atoms with Crippen LogP contribution in [0.4, 0.5) is 10.2 Å². The van der Waals surface area contributed by atoms with E-state index in [2.05, 4.69) is 36.2 Å². The summed E-state index contributed by atoms with van der Waals surface area (Å²) in [4.78, 5) is 52.5. The van der Waals surface area contributed by atoms with Gasteiger partial charge in [0.15, 0.2) is 5.78 Å². The van der Waals surface area contributed by atoms with Gasteiger partial charge in [0.25, 0.3) is 0 Å². The number of phenols is 1. The van der Waals surface area contributed by atoms with E-state index in [1.807, 2.05) is 0 Å². The van der Waals surface area contributed by atoms with Crippen LogP contribution in [0.25, 0.3) is 22.0 Å². The Bertz CT molecular complexity index is 1610. The summed E-state index contributed by atoms with van der Waals surface area (Å²) in [6, 6.07) is 7.09. The summed E-state index contributed by atoms with van der Waals surface area (Å²) < 4.78 is 16.5. The molecule has 0 radical (unpaired) electrons. The summed E-state index contributed by atoms with van der Waals surface area (Å²) in [6.07, 6.45) is 3.18. The van der Waals surface area contributed by atoms with Crippen molar-refractivity contribution >= 4 is 50.2 Å². The van der Waals surface area contributed by atoms with Gasteiger partial charge in [-0.15, -0.1) is 0 Å². The number of benzene rings is 1. The third-order valence-electron chi connectivity index (χ3n) is 6.61. The lowest BCUT2D eigenvalue weighted by molar-refractivity contribution is -0.137. The maximum atomic E-state index is 14.4. The van der Waals surface area contributed by atoms with Crippen LogP contribution in [0.2, 0.25) is 0 Å². The van der Waals surface area contributed by atoms with Gasteiger partial charge in [-0.05, 0) is 48.0 Å². The minimum atomic E-state index is -1.36. The topological polar surface area (TPSA) is 130 Å². The van der Waals surface area contributed by atoms with Gasteiger partial charge in [-0.25, -0.2) is 19.3 Å². The first-order valence-corrected chi connectivity index (χ1v) is 12.9. The van der Waals surface area contributed by atoms with E-state index in [1.165, 1.54) is 28.7 Å².